The molecule has 2 heterocycles. The first kappa shape index (κ1) is 9.82. The van der Waals surface area contributed by atoms with Crippen LogP contribution in [0.4, 0.5) is 14.7 Å². The molecule has 0 aliphatic heterocycles. The fraction of sp³-hybridized carbons (Fsp3) is 0.333. The lowest BCUT2D eigenvalue weighted by Gasteiger charge is -1.97. The average Bonchev–Trinajstić information content (AvgIpc) is 2.59. The number of fused-ring (bicyclic) bond motifs is 1. The van der Waals surface area contributed by atoms with Crippen LogP contribution in [-0.4, -0.2) is 27.6 Å². The normalized spacial score (nSPS) is 11.2. The third-order valence-corrected chi connectivity index (χ3v) is 1.97. The maximum atomic E-state index is 11.9. The molecule has 15 heavy (non-hydrogen) atoms. The van der Waals surface area contributed by atoms with Gasteiger partial charge in [-0.3, -0.25) is 0 Å². The van der Waals surface area contributed by atoms with Crippen LogP contribution in [0.2, 0.25) is 0 Å². The van der Waals surface area contributed by atoms with E-state index in [-0.39, 0.29) is 5.95 Å². The lowest BCUT2D eigenvalue weighted by molar-refractivity contribution is 0.163. The molecule has 0 spiro atoms. The third kappa shape index (κ3) is 2.03. The van der Waals surface area contributed by atoms with Crippen LogP contribution in [0.3, 0.4) is 0 Å². The maximum absolute atomic E-state index is 11.9. The molecule has 80 valence electrons. The van der Waals surface area contributed by atoms with Crippen molar-refractivity contribution in [3.63, 3.8) is 0 Å². The van der Waals surface area contributed by atoms with Gasteiger partial charge in [0.25, 0.3) is 6.43 Å². The van der Waals surface area contributed by atoms with Crippen molar-refractivity contribution in [3.05, 3.63) is 23.9 Å². The number of aromatic nitrogens is 3. The molecule has 0 bridgehead atoms. The summed E-state index contributed by atoms with van der Waals surface area (Å²) in [6, 6.07) is 3.72. The van der Waals surface area contributed by atoms with Crippen molar-refractivity contribution in [2.24, 2.45) is 0 Å². The van der Waals surface area contributed by atoms with E-state index in [1.165, 1.54) is 0 Å². The minimum atomic E-state index is -2.40. The van der Waals surface area contributed by atoms with Crippen LogP contribution < -0.4 is 5.32 Å². The summed E-state index contributed by atoms with van der Waals surface area (Å²) in [7, 11) is 0. The number of hydrogen-bond donors (Lipinski definition) is 1. The minimum absolute atomic E-state index is 0.226. The monoisotopic (exact) mass is 212 g/mol. The Morgan fingerprint density at radius 1 is 1.53 bits per heavy atom. The van der Waals surface area contributed by atoms with E-state index in [2.05, 4.69) is 15.4 Å². The van der Waals surface area contributed by atoms with E-state index in [0.717, 1.165) is 5.56 Å². The zero-order valence-corrected chi connectivity index (χ0v) is 8.11. The van der Waals surface area contributed by atoms with Crippen molar-refractivity contribution in [2.75, 3.05) is 11.9 Å². The summed E-state index contributed by atoms with van der Waals surface area (Å²) in [6.07, 6.45) is -0.680. The van der Waals surface area contributed by atoms with Crippen molar-refractivity contribution in [3.8, 4) is 0 Å². The molecule has 2 aromatic rings. The highest BCUT2D eigenvalue weighted by atomic mass is 19.3. The van der Waals surface area contributed by atoms with E-state index < -0.39 is 13.0 Å². The molecule has 0 aromatic carbocycles. The standard InChI is InChI=1S/C9H10F2N4/c1-6-3-2-4-15-8(6)13-9(14-15)12-5-7(10)11/h2-4,7H,5H2,1H3,(H,12,14). The summed E-state index contributed by atoms with van der Waals surface area (Å²) < 4.78 is 25.4. The summed E-state index contributed by atoms with van der Waals surface area (Å²) in [4.78, 5) is 4.09. The first-order chi connectivity index (χ1) is 7.16. The molecular formula is C9H10F2N4. The lowest BCUT2D eigenvalue weighted by Crippen LogP contribution is -2.11. The Kier molecular flexibility index (Phi) is 2.49. The first-order valence-corrected chi connectivity index (χ1v) is 4.51. The Morgan fingerprint density at radius 3 is 3.00 bits per heavy atom. The maximum Gasteiger partial charge on any atom is 0.255 e. The number of halogens is 2. The van der Waals surface area contributed by atoms with Gasteiger partial charge in [0.05, 0.1) is 6.54 Å². The lowest BCUT2D eigenvalue weighted by atomic mass is 10.3. The zero-order chi connectivity index (χ0) is 10.8. The number of alkyl halides is 2. The largest absolute Gasteiger partial charge is 0.347 e. The number of pyridine rings is 1. The van der Waals surface area contributed by atoms with E-state index in [1.54, 1.807) is 10.7 Å². The number of nitrogens with one attached hydrogen (secondary N) is 1. The Morgan fingerprint density at radius 2 is 2.33 bits per heavy atom. The molecule has 6 heteroatoms. The van der Waals surface area contributed by atoms with E-state index in [4.69, 9.17) is 0 Å². The summed E-state index contributed by atoms with van der Waals surface area (Å²) in [5, 5.41) is 6.47. The van der Waals surface area contributed by atoms with Gasteiger partial charge in [0.15, 0.2) is 5.65 Å². The van der Waals surface area contributed by atoms with Crippen molar-refractivity contribution in [1.82, 2.24) is 14.6 Å². The van der Waals surface area contributed by atoms with E-state index in [1.807, 2.05) is 19.1 Å². The summed E-state index contributed by atoms with van der Waals surface area (Å²) in [6.45, 7) is 1.46. The topological polar surface area (TPSA) is 42.2 Å². The van der Waals surface area contributed by atoms with Gasteiger partial charge in [-0.15, -0.1) is 5.10 Å². The molecule has 0 fully saturated rings. The summed E-state index contributed by atoms with van der Waals surface area (Å²) in [5.74, 6) is 0.226. The smallest absolute Gasteiger partial charge is 0.255 e. The molecule has 0 unspecified atom stereocenters. The molecule has 0 radical (unpaired) electrons. The molecule has 0 atom stereocenters. The quantitative estimate of drug-likeness (QED) is 0.842. The van der Waals surface area contributed by atoms with Gasteiger partial charge in [-0.05, 0) is 18.6 Å². The molecule has 0 saturated heterocycles. The van der Waals surface area contributed by atoms with Crippen LogP contribution in [0.25, 0.3) is 5.65 Å². The van der Waals surface area contributed by atoms with Crippen LogP contribution in [0, 0.1) is 6.92 Å². The highest BCUT2D eigenvalue weighted by Gasteiger charge is 2.07. The van der Waals surface area contributed by atoms with Gasteiger partial charge >= 0.3 is 0 Å². The minimum Gasteiger partial charge on any atom is -0.347 e. The number of aryl methyl sites for hydroxylation is 1. The Balaban J connectivity index is 2.27. The fourth-order valence-corrected chi connectivity index (χ4v) is 1.28. The summed E-state index contributed by atoms with van der Waals surface area (Å²) in [5.41, 5.74) is 1.63. The van der Waals surface area contributed by atoms with Crippen molar-refractivity contribution in [2.45, 2.75) is 13.3 Å². The molecule has 2 aromatic heterocycles. The highest BCUT2D eigenvalue weighted by Crippen LogP contribution is 2.09. The predicted molar refractivity (Wildman–Crippen MR) is 52.2 cm³/mol. The Labute approximate surface area is 84.9 Å². The second-order valence-corrected chi connectivity index (χ2v) is 3.17. The number of hydrogen-bond acceptors (Lipinski definition) is 3. The van der Waals surface area contributed by atoms with Crippen molar-refractivity contribution >= 4 is 11.6 Å². The average molecular weight is 212 g/mol. The highest BCUT2D eigenvalue weighted by molar-refractivity contribution is 5.49. The molecular weight excluding hydrogens is 202 g/mol. The fourth-order valence-electron chi connectivity index (χ4n) is 1.28. The van der Waals surface area contributed by atoms with Crippen molar-refractivity contribution in [1.29, 1.82) is 0 Å². The number of anilines is 1. The van der Waals surface area contributed by atoms with Crippen LogP contribution in [0.1, 0.15) is 5.56 Å². The molecule has 1 N–H and O–H groups in total. The second kappa shape index (κ2) is 3.80. The van der Waals surface area contributed by atoms with Gasteiger partial charge < -0.3 is 5.32 Å². The SMILES string of the molecule is Cc1cccn2nc(NCC(F)F)nc12. The van der Waals surface area contributed by atoms with E-state index in [9.17, 15) is 8.78 Å². The third-order valence-electron chi connectivity index (χ3n) is 1.97. The number of rotatable bonds is 3. The van der Waals surface area contributed by atoms with E-state index >= 15 is 0 Å². The molecule has 0 amide bonds. The van der Waals surface area contributed by atoms with Gasteiger partial charge in [-0.2, -0.15) is 4.98 Å². The van der Waals surface area contributed by atoms with Crippen LogP contribution in [0.5, 0.6) is 0 Å². The predicted octanol–water partition coefficient (Wildman–Crippen LogP) is 1.71. The van der Waals surface area contributed by atoms with Crippen LogP contribution in [-0.2, 0) is 0 Å². The molecule has 4 nitrogen and oxygen atoms in total. The van der Waals surface area contributed by atoms with Crippen LogP contribution in [0.15, 0.2) is 18.3 Å². The van der Waals surface area contributed by atoms with Crippen molar-refractivity contribution < 1.29 is 8.78 Å². The molecule has 0 aliphatic rings. The summed E-state index contributed by atoms with van der Waals surface area (Å²) >= 11 is 0. The van der Waals surface area contributed by atoms with E-state index in [0.29, 0.717) is 5.65 Å². The van der Waals surface area contributed by atoms with Crippen LogP contribution >= 0.6 is 0 Å². The van der Waals surface area contributed by atoms with Gasteiger partial charge in [-0.25, -0.2) is 13.3 Å². The number of nitrogens with zero attached hydrogens (tertiary/aromatic N) is 3. The zero-order valence-electron chi connectivity index (χ0n) is 8.11. The van der Waals surface area contributed by atoms with Gasteiger partial charge in [-0.1, -0.05) is 6.07 Å². The first-order valence-electron chi connectivity index (χ1n) is 4.51. The van der Waals surface area contributed by atoms with Gasteiger partial charge in [0.2, 0.25) is 5.95 Å². The van der Waals surface area contributed by atoms with Gasteiger partial charge in [0.1, 0.15) is 0 Å². The Hall–Kier alpha value is -1.72. The Bertz CT molecular complexity index is 466. The molecule has 2 rings (SSSR count). The molecule has 0 aliphatic carbocycles. The second-order valence-electron chi connectivity index (χ2n) is 3.17. The molecule has 0 saturated carbocycles. The van der Waals surface area contributed by atoms with Gasteiger partial charge in [0, 0.05) is 6.20 Å².